The Morgan fingerprint density at radius 3 is 2.27 bits per heavy atom. The minimum atomic E-state index is -0.535. The highest BCUT2D eigenvalue weighted by molar-refractivity contribution is 8.00. The van der Waals surface area contributed by atoms with Crippen molar-refractivity contribution in [3.63, 3.8) is 0 Å². The van der Waals surface area contributed by atoms with Crippen molar-refractivity contribution in [3.8, 4) is 17.1 Å². The number of nitrogens with one attached hydrogen (secondary N) is 3. The molecule has 0 aliphatic rings. The molecule has 4 aromatic carbocycles. The van der Waals surface area contributed by atoms with Gasteiger partial charge in [-0.2, -0.15) is 0 Å². The summed E-state index contributed by atoms with van der Waals surface area (Å²) in [6.07, 6.45) is 1.49. The van der Waals surface area contributed by atoms with Crippen LogP contribution in [-0.4, -0.2) is 30.6 Å². The maximum atomic E-state index is 13.4. The third kappa shape index (κ3) is 8.66. The number of carbonyl (C=O) groups is 3. The molecule has 1 aromatic heterocycles. The number of amides is 3. The summed E-state index contributed by atoms with van der Waals surface area (Å²) < 4.78 is 11.1. The number of anilines is 2. The molecule has 10 heteroatoms. The Bertz CT molecular complexity index is 1820. The number of hydrogen-bond acceptors (Lipinski definition) is 6. The van der Waals surface area contributed by atoms with Crippen LogP contribution in [0.3, 0.4) is 0 Å². The van der Waals surface area contributed by atoms with Crippen LogP contribution < -0.4 is 20.7 Å². The summed E-state index contributed by atoms with van der Waals surface area (Å²) in [5.41, 5.74) is 2.26. The van der Waals surface area contributed by atoms with Crippen LogP contribution in [-0.2, 0) is 9.59 Å². The number of halogens is 1. The van der Waals surface area contributed by atoms with Gasteiger partial charge in [0.05, 0.1) is 23.6 Å². The van der Waals surface area contributed by atoms with E-state index < -0.39 is 11.8 Å². The van der Waals surface area contributed by atoms with E-state index in [1.54, 1.807) is 84.9 Å². The number of rotatable bonds is 11. The molecule has 0 saturated heterocycles. The average Bonchev–Trinajstić information content (AvgIpc) is 3.54. The van der Waals surface area contributed by atoms with E-state index >= 15 is 0 Å². The first-order chi connectivity index (χ1) is 21.9. The normalized spacial score (nSPS) is 11.0. The highest BCUT2D eigenvalue weighted by atomic mass is 35.5. The van der Waals surface area contributed by atoms with Crippen molar-refractivity contribution in [2.75, 3.05) is 23.5 Å². The highest BCUT2D eigenvalue weighted by Crippen LogP contribution is 2.28. The lowest BCUT2D eigenvalue weighted by Gasteiger charge is -2.11. The van der Waals surface area contributed by atoms with Crippen molar-refractivity contribution in [1.82, 2.24) is 5.32 Å². The van der Waals surface area contributed by atoms with Gasteiger partial charge in [0.25, 0.3) is 11.8 Å². The number of benzene rings is 4. The Kier molecular flexibility index (Phi) is 10.4. The van der Waals surface area contributed by atoms with Gasteiger partial charge in [-0.25, -0.2) is 0 Å². The summed E-state index contributed by atoms with van der Waals surface area (Å²) in [6, 6.07) is 33.7. The second-order valence-electron chi connectivity index (χ2n) is 9.61. The number of thioether (sulfide) groups is 1. The van der Waals surface area contributed by atoms with Gasteiger partial charge in [0.1, 0.15) is 23.0 Å². The van der Waals surface area contributed by atoms with Crippen molar-refractivity contribution in [3.05, 3.63) is 137 Å². The van der Waals surface area contributed by atoms with Crippen molar-refractivity contribution < 1.29 is 23.5 Å². The van der Waals surface area contributed by atoms with Crippen LogP contribution in [0.2, 0.25) is 5.02 Å². The van der Waals surface area contributed by atoms with Gasteiger partial charge in [-0.15, -0.1) is 11.8 Å². The van der Waals surface area contributed by atoms with E-state index in [2.05, 4.69) is 16.0 Å². The number of ether oxygens (including phenoxy) is 1. The summed E-state index contributed by atoms with van der Waals surface area (Å²) >= 11 is 7.51. The Morgan fingerprint density at radius 1 is 0.844 bits per heavy atom. The largest absolute Gasteiger partial charge is 0.497 e. The van der Waals surface area contributed by atoms with E-state index in [0.717, 1.165) is 10.5 Å². The molecule has 3 N–H and O–H groups in total. The molecule has 0 unspecified atom stereocenters. The standard InChI is InChI=1S/C35H28ClN3O5S/c1-43-26-14-18-29(36)30(20-26)38-33(40)22-45-28-16-12-25(13-17-28)37-35(42)31(39-34(41)24-10-6-3-7-11-24)21-27-15-19-32(44-27)23-8-4-2-5-9-23/h2-21H,22H2,1H3,(H,37,42)(H,38,40)(H,39,41). The summed E-state index contributed by atoms with van der Waals surface area (Å²) in [7, 11) is 1.54. The van der Waals surface area contributed by atoms with Gasteiger partial charge in [0.15, 0.2) is 0 Å². The topological polar surface area (TPSA) is 110 Å². The quantitative estimate of drug-likeness (QED) is 0.101. The molecule has 0 spiro atoms. The van der Waals surface area contributed by atoms with Crippen LogP contribution in [0.5, 0.6) is 5.75 Å². The number of carbonyl (C=O) groups excluding carboxylic acids is 3. The Hall–Kier alpha value is -5.25. The summed E-state index contributed by atoms with van der Waals surface area (Å²) in [6.45, 7) is 0. The molecule has 0 aliphatic carbocycles. The molecular formula is C35H28ClN3O5S. The minimum absolute atomic E-state index is 0.00383. The minimum Gasteiger partial charge on any atom is -0.497 e. The van der Waals surface area contributed by atoms with E-state index in [0.29, 0.717) is 39.2 Å². The lowest BCUT2D eigenvalue weighted by Crippen LogP contribution is -2.30. The third-order valence-electron chi connectivity index (χ3n) is 6.43. The SMILES string of the molecule is COc1ccc(Cl)c(NC(=O)CSc2ccc(NC(=O)C(=Cc3ccc(-c4ccccc4)o3)NC(=O)c3ccccc3)cc2)c1. The Labute approximate surface area is 269 Å². The smallest absolute Gasteiger partial charge is 0.272 e. The monoisotopic (exact) mass is 637 g/mol. The second-order valence-corrected chi connectivity index (χ2v) is 11.1. The second kappa shape index (κ2) is 15.0. The van der Waals surface area contributed by atoms with E-state index in [1.807, 2.05) is 30.3 Å². The molecular weight excluding hydrogens is 610 g/mol. The van der Waals surface area contributed by atoms with E-state index in [4.69, 9.17) is 20.8 Å². The molecule has 0 atom stereocenters. The predicted octanol–water partition coefficient (Wildman–Crippen LogP) is 7.75. The van der Waals surface area contributed by atoms with Gasteiger partial charge < -0.3 is 25.1 Å². The van der Waals surface area contributed by atoms with E-state index in [9.17, 15) is 14.4 Å². The van der Waals surface area contributed by atoms with Crippen molar-refractivity contribution in [1.29, 1.82) is 0 Å². The number of hydrogen-bond donors (Lipinski definition) is 3. The first-order valence-electron chi connectivity index (χ1n) is 13.8. The van der Waals surface area contributed by atoms with Crippen LogP contribution in [0, 0.1) is 0 Å². The van der Waals surface area contributed by atoms with Gasteiger partial charge in [0.2, 0.25) is 5.91 Å². The lowest BCUT2D eigenvalue weighted by molar-refractivity contribution is -0.114. The Balaban J connectivity index is 1.25. The van der Waals surface area contributed by atoms with Gasteiger partial charge in [-0.1, -0.05) is 60.1 Å². The zero-order valence-electron chi connectivity index (χ0n) is 24.1. The zero-order valence-corrected chi connectivity index (χ0v) is 25.7. The maximum Gasteiger partial charge on any atom is 0.272 e. The molecule has 0 fully saturated rings. The highest BCUT2D eigenvalue weighted by Gasteiger charge is 2.17. The Morgan fingerprint density at radius 2 is 1.56 bits per heavy atom. The van der Waals surface area contributed by atoms with Crippen molar-refractivity contribution in [2.45, 2.75) is 4.90 Å². The van der Waals surface area contributed by atoms with Crippen LogP contribution in [0.4, 0.5) is 11.4 Å². The third-order valence-corrected chi connectivity index (χ3v) is 7.77. The molecule has 0 saturated carbocycles. The van der Waals surface area contributed by atoms with Crippen LogP contribution >= 0.6 is 23.4 Å². The molecule has 3 amide bonds. The van der Waals surface area contributed by atoms with Crippen molar-refractivity contribution in [2.24, 2.45) is 0 Å². The molecule has 5 rings (SSSR count). The fourth-order valence-corrected chi connectivity index (χ4v) is 5.03. The molecule has 0 bridgehead atoms. The van der Waals surface area contributed by atoms with Crippen LogP contribution in [0.15, 0.2) is 130 Å². The average molecular weight is 638 g/mol. The lowest BCUT2D eigenvalue weighted by atomic mass is 10.2. The summed E-state index contributed by atoms with van der Waals surface area (Å²) in [4.78, 5) is 39.7. The van der Waals surface area contributed by atoms with E-state index in [-0.39, 0.29) is 17.4 Å². The maximum absolute atomic E-state index is 13.4. The first kappa shape index (κ1) is 31.2. The van der Waals surface area contributed by atoms with Gasteiger partial charge >= 0.3 is 0 Å². The fraction of sp³-hybridized carbons (Fsp3) is 0.0571. The molecule has 0 radical (unpaired) electrons. The molecule has 226 valence electrons. The molecule has 8 nitrogen and oxygen atoms in total. The number of methoxy groups -OCH3 is 1. The predicted molar refractivity (Wildman–Crippen MR) is 178 cm³/mol. The molecule has 45 heavy (non-hydrogen) atoms. The van der Waals surface area contributed by atoms with Gasteiger partial charge in [0, 0.05) is 33.9 Å². The van der Waals surface area contributed by atoms with Crippen LogP contribution in [0.25, 0.3) is 17.4 Å². The van der Waals surface area contributed by atoms with Gasteiger partial charge in [-0.05, 0) is 60.7 Å². The fourth-order valence-electron chi connectivity index (χ4n) is 4.17. The first-order valence-corrected chi connectivity index (χ1v) is 15.2. The molecule has 1 heterocycles. The van der Waals surface area contributed by atoms with Crippen LogP contribution in [0.1, 0.15) is 16.1 Å². The zero-order chi connectivity index (χ0) is 31.6. The molecule has 0 aliphatic heterocycles. The van der Waals surface area contributed by atoms with E-state index in [1.165, 1.54) is 24.9 Å². The number of furan rings is 1. The summed E-state index contributed by atoms with van der Waals surface area (Å²) in [5, 5.41) is 8.73. The summed E-state index contributed by atoms with van der Waals surface area (Å²) in [5.74, 6) is 0.547. The molecule has 5 aromatic rings. The van der Waals surface area contributed by atoms with Gasteiger partial charge in [-0.3, -0.25) is 14.4 Å². The van der Waals surface area contributed by atoms with Crippen molar-refractivity contribution >= 4 is 58.5 Å².